The minimum atomic E-state index is 0.560. The first-order valence-corrected chi connectivity index (χ1v) is 5.08. The highest BCUT2D eigenvalue weighted by Crippen LogP contribution is 2.21. The summed E-state index contributed by atoms with van der Waals surface area (Å²) in [5, 5.41) is 2.45. The largest absolute Gasteiger partial charge is 0.122 e. The smallest absolute Gasteiger partial charge is 0.0480 e. The highest BCUT2D eigenvalue weighted by atomic mass is 35.5. The van der Waals surface area contributed by atoms with Crippen molar-refractivity contribution in [3.8, 4) is 0 Å². The SMILES string of the molecule is C=Cc1ccc2c(CCl)cccc2c1. The van der Waals surface area contributed by atoms with E-state index in [1.807, 2.05) is 12.1 Å². The molecule has 0 heterocycles. The molecule has 0 bridgehead atoms. The van der Waals surface area contributed by atoms with Crippen molar-refractivity contribution in [3.63, 3.8) is 0 Å². The van der Waals surface area contributed by atoms with E-state index in [4.69, 9.17) is 11.6 Å². The topological polar surface area (TPSA) is 0 Å². The molecule has 0 radical (unpaired) electrons. The van der Waals surface area contributed by atoms with Crippen LogP contribution in [0.4, 0.5) is 0 Å². The molecule has 0 aromatic heterocycles. The highest BCUT2D eigenvalue weighted by Gasteiger charge is 1.99. The zero-order valence-corrected chi connectivity index (χ0v) is 8.59. The lowest BCUT2D eigenvalue weighted by molar-refractivity contribution is 1.45. The van der Waals surface area contributed by atoms with Crippen molar-refractivity contribution in [1.29, 1.82) is 0 Å². The van der Waals surface area contributed by atoms with Gasteiger partial charge in [-0.15, -0.1) is 11.6 Å². The summed E-state index contributed by atoms with van der Waals surface area (Å²) in [5.74, 6) is 0.560. The van der Waals surface area contributed by atoms with Crippen LogP contribution < -0.4 is 0 Å². The van der Waals surface area contributed by atoms with Crippen LogP contribution in [0.1, 0.15) is 11.1 Å². The molecule has 0 fully saturated rings. The minimum absolute atomic E-state index is 0.560. The summed E-state index contributed by atoms with van der Waals surface area (Å²) < 4.78 is 0. The van der Waals surface area contributed by atoms with Crippen molar-refractivity contribution in [2.24, 2.45) is 0 Å². The van der Waals surface area contributed by atoms with Crippen molar-refractivity contribution >= 4 is 28.4 Å². The second-order valence-electron chi connectivity index (χ2n) is 3.24. The Labute approximate surface area is 88.8 Å². The summed E-state index contributed by atoms with van der Waals surface area (Å²) in [6.45, 7) is 3.75. The predicted octanol–water partition coefficient (Wildman–Crippen LogP) is 4.22. The summed E-state index contributed by atoms with van der Waals surface area (Å²) in [5.41, 5.74) is 2.32. The molecule has 1 heteroatoms. The van der Waals surface area contributed by atoms with Gasteiger partial charge in [0.15, 0.2) is 0 Å². The molecule has 0 unspecified atom stereocenters. The molecule has 0 saturated carbocycles. The van der Waals surface area contributed by atoms with Crippen LogP contribution in [0.15, 0.2) is 43.0 Å². The van der Waals surface area contributed by atoms with E-state index in [1.54, 1.807) is 0 Å². The second kappa shape index (κ2) is 3.85. The average Bonchev–Trinajstić information content (AvgIpc) is 2.27. The molecule has 0 nitrogen and oxygen atoms in total. The monoisotopic (exact) mass is 202 g/mol. The van der Waals surface area contributed by atoms with Crippen LogP contribution in [-0.4, -0.2) is 0 Å². The molecule has 0 saturated heterocycles. The lowest BCUT2D eigenvalue weighted by Crippen LogP contribution is -1.82. The van der Waals surface area contributed by atoms with E-state index >= 15 is 0 Å². The Morgan fingerprint density at radius 1 is 1.21 bits per heavy atom. The third kappa shape index (κ3) is 1.53. The van der Waals surface area contributed by atoms with Crippen LogP contribution in [0.2, 0.25) is 0 Å². The third-order valence-corrected chi connectivity index (χ3v) is 2.66. The first kappa shape index (κ1) is 9.29. The van der Waals surface area contributed by atoms with Gasteiger partial charge in [-0.3, -0.25) is 0 Å². The summed E-state index contributed by atoms with van der Waals surface area (Å²) in [7, 11) is 0. The Hall–Kier alpha value is -1.27. The maximum absolute atomic E-state index is 5.86. The van der Waals surface area contributed by atoms with Crippen molar-refractivity contribution in [1.82, 2.24) is 0 Å². The van der Waals surface area contributed by atoms with Crippen molar-refractivity contribution in [2.75, 3.05) is 0 Å². The molecule has 0 N–H and O–H groups in total. The van der Waals surface area contributed by atoms with Crippen molar-refractivity contribution < 1.29 is 0 Å². The molecule has 2 aromatic carbocycles. The van der Waals surface area contributed by atoms with Gasteiger partial charge in [-0.2, -0.15) is 0 Å². The van der Waals surface area contributed by atoms with Gasteiger partial charge in [-0.1, -0.05) is 43.0 Å². The van der Waals surface area contributed by atoms with Crippen LogP contribution in [0.25, 0.3) is 16.8 Å². The van der Waals surface area contributed by atoms with E-state index in [0.717, 1.165) is 5.56 Å². The number of alkyl halides is 1. The van der Waals surface area contributed by atoms with Crippen LogP contribution in [0.3, 0.4) is 0 Å². The van der Waals surface area contributed by atoms with Gasteiger partial charge in [0.1, 0.15) is 0 Å². The van der Waals surface area contributed by atoms with E-state index in [-0.39, 0.29) is 0 Å². The quantitative estimate of drug-likeness (QED) is 0.640. The number of benzene rings is 2. The maximum Gasteiger partial charge on any atom is 0.0480 e. The zero-order valence-electron chi connectivity index (χ0n) is 7.83. The zero-order chi connectivity index (χ0) is 9.97. The average molecular weight is 203 g/mol. The van der Waals surface area contributed by atoms with Gasteiger partial charge in [0.05, 0.1) is 0 Å². The van der Waals surface area contributed by atoms with E-state index in [1.165, 1.54) is 16.3 Å². The molecule has 2 aromatic rings. The predicted molar refractivity (Wildman–Crippen MR) is 63.6 cm³/mol. The lowest BCUT2D eigenvalue weighted by Gasteiger charge is -2.03. The molecule has 14 heavy (non-hydrogen) atoms. The standard InChI is InChI=1S/C13H11Cl/c1-2-10-6-7-13-11(8-10)4-3-5-12(13)9-14/h2-8H,1,9H2. The Kier molecular flexibility index (Phi) is 2.55. The molecule has 0 aliphatic rings. The van der Waals surface area contributed by atoms with E-state index in [0.29, 0.717) is 5.88 Å². The Morgan fingerprint density at radius 3 is 2.79 bits per heavy atom. The number of rotatable bonds is 2. The maximum atomic E-state index is 5.86. The number of hydrogen-bond acceptors (Lipinski definition) is 0. The van der Waals surface area contributed by atoms with Gasteiger partial charge in [0, 0.05) is 5.88 Å². The lowest BCUT2D eigenvalue weighted by atomic mass is 10.0. The van der Waals surface area contributed by atoms with E-state index < -0.39 is 0 Å². The molecule has 2 rings (SSSR count). The molecule has 0 spiro atoms. The van der Waals surface area contributed by atoms with Gasteiger partial charge in [-0.25, -0.2) is 0 Å². The van der Waals surface area contributed by atoms with Crippen LogP contribution in [0, 0.1) is 0 Å². The van der Waals surface area contributed by atoms with E-state index in [9.17, 15) is 0 Å². The molecule has 70 valence electrons. The van der Waals surface area contributed by atoms with Crippen molar-refractivity contribution in [3.05, 3.63) is 54.1 Å². The fraction of sp³-hybridized carbons (Fsp3) is 0.0769. The fourth-order valence-electron chi connectivity index (χ4n) is 1.61. The Bertz CT molecular complexity index is 472. The summed E-state index contributed by atoms with van der Waals surface area (Å²) >= 11 is 5.86. The van der Waals surface area contributed by atoms with E-state index in [2.05, 4.69) is 36.9 Å². The summed E-state index contributed by atoms with van der Waals surface area (Å²) in [4.78, 5) is 0. The summed E-state index contributed by atoms with van der Waals surface area (Å²) in [6.07, 6.45) is 1.85. The molecule has 0 aliphatic heterocycles. The highest BCUT2D eigenvalue weighted by molar-refractivity contribution is 6.18. The van der Waals surface area contributed by atoms with Gasteiger partial charge in [0.2, 0.25) is 0 Å². The first-order valence-electron chi connectivity index (χ1n) is 4.55. The molecular formula is C13H11Cl. The van der Waals surface area contributed by atoms with Crippen LogP contribution in [0.5, 0.6) is 0 Å². The second-order valence-corrected chi connectivity index (χ2v) is 3.50. The number of fused-ring (bicyclic) bond motifs is 1. The van der Waals surface area contributed by atoms with Crippen molar-refractivity contribution in [2.45, 2.75) is 5.88 Å². The van der Waals surface area contributed by atoms with Crippen LogP contribution >= 0.6 is 11.6 Å². The number of halogens is 1. The van der Waals surface area contributed by atoms with Gasteiger partial charge in [0.25, 0.3) is 0 Å². The normalized spacial score (nSPS) is 10.4. The van der Waals surface area contributed by atoms with Gasteiger partial charge in [-0.05, 0) is 28.0 Å². The van der Waals surface area contributed by atoms with Gasteiger partial charge < -0.3 is 0 Å². The fourth-order valence-corrected chi connectivity index (χ4v) is 1.85. The first-order chi connectivity index (χ1) is 6.85. The Morgan fingerprint density at radius 2 is 2.07 bits per heavy atom. The summed E-state index contributed by atoms with van der Waals surface area (Å²) in [6, 6.07) is 12.5. The van der Waals surface area contributed by atoms with Crippen LogP contribution in [-0.2, 0) is 5.88 Å². The molecular weight excluding hydrogens is 192 g/mol. The Balaban J connectivity index is 2.73. The molecule has 0 atom stereocenters. The third-order valence-electron chi connectivity index (χ3n) is 2.37. The number of hydrogen-bond donors (Lipinski definition) is 0. The molecule has 0 aliphatic carbocycles. The van der Waals surface area contributed by atoms with Gasteiger partial charge >= 0.3 is 0 Å². The molecule has 0 amide bonds. The minimum Gasteiger partial charge on any atom is -0.122 e.